The van der Waals surface area contributed by atoms with Crippen LogP contribution in [0.1, 0.15) is 17.8 Å². The second-order valence-corrected chi connectivity index (χ2v) is 4.05. The Balaban J connectivity index is 0.00000180. The average molecular weight is 288 g/mol. The minimum atomic E-state index is -2.59. The molecule has 0 saturated heterocycles. The molecule has 2 rings (SSSR count). The van der Waals surface area contributed by atoms with Crippen molar-refractivity contribution in [1.29, 1.82) is 0 Å². The van der Waals surface area contributed by atoms with Crippen LogP contribution in [0.5, 0.6) is 0 Å². The van der Waals surface area contributed by atoms with Gasteiger partial charge in [-0.2, -0.15) is 13.9 Å². The summed E-state index contributed by atoms with van der Waals surface area (Å²) in [5.74, 6) is 0. The summed E-state index contributed by atoms with van der Waals surface area (Å²) in [4.78, 5) is 0. The van der Waals surface area contributed by atoms with Crippen molar-refractivity contribution in [3.8, 4) is 0 Å². The van der Waals surface area contributed by atoms with Gasteiger partial charge in [-0.25, -0.2) is 4.68 Å². The molecule has 2 aromatic rings. The van der Waals surface area contributed by atoms with Crippen LogP contribution >= 0.6 is 12.4 Å². The summed E-state index contributed by atoms with van der Waals surface area (Å²) >= 11 is 0. The molecule has 0 aliphatic heterocycles. The van der Waals surface area contributed by atoms with Crippen LogP contribution in [0.4, 0.5) is 14.5 Å². The van der Waals surface area contributed by atoms with Crippen molar-refractivity contribution in [3.05, 3.63) is 47.8 Å². The number of aromatic nitrogens is 2. The smallest absolute Gasteiger partial charge is 0.333 e. The molecule has 1 N–H and O–H groups in total. The van der Waals surface area contributed by atoms with E-state index in [1.807, 2.05) is 30.3 Å². The molecule has 0 radical (unpaired) electrons. The Bertz CT molecular complexity index is 500. The number of nitrogens with zero attached hydrogens (tertiary/aromatic N) is 2. The van der Waals surface area contributed by atoms with E-state index in [4.69, 9.17) is 0 Å². The molecular weight excluding hydrogens is 272 g/mol. The van der Waals surface area contributed by atoms with E-state index in [1.165, 1.54) is 11.8 Å². The quantitative estimate of drug-likeness (QED) is 0.909. The Morgan fingerprint density at radius 2 is 1.95 bits per heavy atom. The van der Waals surface area contributed by atoms with Gasteiger partial charge in [0.2, 0.25) is 0 Å². The van der Waals surface area contributed by atoms with Crippen LogP contribution in [-0.2, 0) is 6.42 Å². The normalized spacial score (nSPS) is 10.3. The highest BCUT2D eigenvalue weighted by atomic mass is 35.5. The number of anilines is 1. The lowest BCUT2D eigenvalue weighted by molar-refractivity contribution is 0.0563. The van der Waals surface area contributed by atoms with Crippen molar-refractivity contribution >= 4 is 18.1 Å². The summed E-state index contributed by atoms with van der Waals surface area (Å²) in [6.45, 7) is -0.183. The van der Waals surface area contributed by atoms with Gasteiger partial charge < -0.3 is 5.32 Å². The fourth-order valence-electron chi connectivity index (χ4n) is 1.74. The van der Waals surface area contributed by atoms with Crippen LogP contribution in [-0.4, -0.2) is 16.3 Å². The van der Waals surface area contributed by atoms with Gasteiger partial charge in [0.15, 0.2) is 0 Å². The van der Waals surface area contributed by atoms with E-state index >= 15 is 0 Å². The molecule has 0 amide bonds. The molecular formula is C13H16ClF2N3. The molecule has 0 atom stereocenters. The van der Waals surface area contributed by atoms with E-state index in [9.17, 15) is 8.78 Å². The van der Waals surface area contributed by atoms with Gasteiger partial charge in [-0.15, -0.1) is 12.4 Å². The molecule has 0 aliphatic rings. The molecule has 104 valence electrons. The van der Waals surface area contributed by atoms with Crippen molar-refractivity contribution in [2.24, 2.45) is 0 Å². The summed E-state index contributed by atoms with van der Waals surface area (Å²) in [7, 11) is 0. The topological polar surface area (TPSA) is 29.9 Å². The zero-order chi connectivity index (χ0) is 13.0. The van der Waals surface area contributed by atoms with Crippen molar-refractivity contribution < 1.29 is 8.78 Å². The molecule has 0 spiro atoms. The summed E-state index contributed by atoms with van der Waals surface area (Å²) in [6, 6.07) is 10.0. The van der Waals surface area contributed by atoms with E-state index in [0.29, 0.717) is 22.6 Å². The van der Waals surface area contributed by atoms with Crippen molar-refractivity contribution in [1.82, 2.24) is 9.78 Å². The van der Waals surface area contributed by atoms with E-state index in [2.05, 4.69) is 10.4 Å². The van der Waals surface area contributed by atoms with Gasteiger partial charge in [0, 0.05) is 6.54 Å². The second kappa shape index (κ2) is 7.09. The van der Waals surface area contributed by atoms with Crippen LogP contribution in [0, 0.1) is 6.92 Å². The third-order valence-electron chi connectivity index (χ3n) is 2.69. The Labute approximate surface area is 117 Å². The Morgan fingerprint density at radius 1 is 1.26 bits per heavy atom. The van der Waals surface area contributed by atoms with E-state index in [1.54, 1.807) is 6.92 Å². The molecule has 19 heavy (non-hydrogen) atoms. The number of hydrogen-bond donors (Lipinski definition) is 1. The first-order chi connectivity index (χ1) is 8.66. The van der Waals surface area contributed by atoms with Crippen molar-refractivity contribution in [2.45, 2.75) is 19.9 Å². The first kappa shape index (κ1) is 15.4. The number of aryl methyl sites for hydroxylation is 1. The highest BCUT2D eigenvalue weighted by molar-refractivity contribution is 5.85. The Morgan fingerprint density at radius 3 is 2.53 bits per heavy atom. The van der Waals surface area contributed by atoms with Gasteiger partial charge in [0.25, 0.3) is 0 Å². The van der Waals surface area contributed by atoms with Gasteiger partial charge in [-0.05, 0) is 18.9 Å². The number of nitrogens with one attached hydrogen (secondary N) is 1. The lowest BCUT2D eigenvalue weighted by Crippen LogP contribution is -2.05. The van der Waals surface area contributed by atoms with Crippen LogP contribution in [0.25, 0.3) is 0 Å². The summed E-state index contributed by atoms with van der Waals surface area (Å²) in [5.41, 5.74) is 2.46. The predicted molar refractivity (Wildman–Crippen MR) is 74.1 cm³/mol. The Kier molecular flexibility index (Phi) is 5.76. The van der Waals surface area contributed by atoms with Crippen molar-refractivity contribution in [3.63, 3.8) is 0 Å². The van der Waals surface area contributed by atoms with Gasteiger partial charge in [-0.1, -0.05) is 30.3 Å². The largest absolute Gasteiger partial charge is 0.382 e. The standard InChI is InChI=1S/C13H15F2N3.ClH/c1-10-12(9-18(17-10)13(14)15)16-8-7-11-5-3-2-4-6-11;/h2-6,9,13,16H,7-8H2,1H3;1H. The molecule has 3 nitrogen and oxygen atoms in total. The van der Waals surface area contributed by atoms with E-state index in [-0.39, 0.29) is 12.4 Å². The van der Waals surface area contributed by atoms with Gasteiger partial charge in [0.1, 0.15) is 0 Å². The van der Waals surface area contributed by atoms with Crippen LogP contribution in [0.2, 0.25) is 0 Å². The molecule has 0 bridgehead atoms. The number of benzene rings is 1. The fourth-order valence-corrected chi connectivity index (χ4v) is 1.74. The van der Waals surface area contributed by atoms with Crippen molar-refractivity contribution in [2.75, 3.05) is 11.9 Å². The summed E-state index contributed by atoms with van der Waals surface area (Å²) in [5, 5.41) is 6.86. The third kappa shape index (κ3) is 4.21. The maximum atomic E-state index is 12.4. The zero-order valence-corrected chi connectivity index (χ0v) is 11.3. The summed E-state index contributed by atoms with van der Waals surface area (Å²) in [6.07, 6.45) is 2.19. The fraction of sp³-hybridized carbons (Fsp3) is 0.308. The number of alkyl halides is 2. The highest BCUT2D eigenvalue weighted by Crippen LogP contribution is 2.17. The lowest BCUT2D eigenvalue weighted by Gasteiger charge is -2.04. The van der Waals surface area contributed by atoms with E-state index < -0.39 is 6.55 Å². The molecule has 0 saturated carbocycles. The minimum absolute atomic E-state index is 0. The van der Waals surface area contributed by atoms with Crippen LogP contribution in [0.15, 0.2) is 36.5 Å². The molecule has 1 aromatic carbocycles. The van der Waals surface area contributed by atoms with Gasteiger partial charge in [-0.3, -0.25) is 0 Å². The lowest BCUT2D eigenvalue weighted by atomic mass is 10.1. The second-order valence-electron chi connectivity index (χ2n) is 4.05. The van der Waals surface area contributed by atoms with E-state index in [0.717, 1.165) is 6.42 Å². The summed E-state index contributed by atoms with van der Waals surface area (Å²) < 4.78 is 25.5. The molecule has 0 unspecified atom stereocenters. The SMILES string of the molecule is Cc1nn(C(F)F)cc1NCCc1ccccc1.Cl. The monoisotopic (exact) mass is 287 g/mol. The number of hydrogen-bond acceptors (Lipinski definition) is 2. The zero-order valence-electron chi connectivity index (χ0n) is 10.5. The molecule has 1 heterocycles. The predicted octanol–water partition coefficient (Wildman–Crippen LogP) is 3.66. The van der Waals surface area contributed by atoms with Gasteiger partial charge in [0.05, 0.1) is 17.6 Å². The number of halogens is 3. The Hall–Kier alpha value is -1.62. The van der Waals surface area contributed by atoms with Crippen LogP contribution < -0.4 is 5.32 Å². The minimum Gasteiger partial charge on any atom is -0.382 e. The van der Waals surface area contributed by atoms with Crippen LogP contribution in [0.3, 0.4) is 0 Å². The average Bonchev–Trinajstić information content (AvgIpc) is 2.73. The first-order valence-corrected chi connectivity index (χ1v) is 5.78. The highest BCUT2D eigenvalue weighted by Gasteiger charge is 2.10. The number of rotatable bonds is 5. The molecule has 1 aromatic heterocycles. The maximum Gasteiger partial charge on any atom is 0.333 e. The van der Waals surface area contributed by atoms with Gasteiger partial charge >= 0.3 is 6.55 Å². The third-order valence-corrected chi connectivity index (χ3v) is 2.69. The molecule has 0 aliphatic carbocycles. The molecule has 6 heteroatoms. The maximum absolute atomic E-state index is 12.4. The first-order valence-electron chi connectivity index (χ1n) is 5.78. The molecule has 0 fully saturated rings.